The minimum absolute atomic E-state index is 0.258. The number of hydrogen-bond acceptors (Lipinski definition) is 2. The minimum Gasteiger partial charge on any atom is -0.478 e. The Hall–Kier alpha value is -1.03. The van der Waals surface area contributed by atoms with E-state index in [9.17, 15) is 9.18 Å². The third-order valence-electron chi connectivity index (χ3n) is 1.57. The van der Waals surface area contributed by atoms with E-state index >= 15 is 0 Å². The van der Waals surface area contributed by atoms with Crippen molar-refractivity contribution < 1.29 is 14.3 Å². The van der Waals surface area contributed by atoms with Crippen LogP contribution in [-0.4, -0.2) is 17.3 Å². The predicted molar refractivity (Wildman–Crippen MR) is 50.6 cm³/mol. The van der Waals surface area contributed by atoms with Crippen molar-refractivity contribution >= 4 is 17.7 Å². The number of benzene rings is 1. The van der Waals surface area contributed by atoms with Gasteiger partial charge in [0.25, 0.3) is 0 Å². The topological polar surface area (TPSA) is 37.3 Å². The number of hydrogen-bond donors (Lipinski definition) is 1. The molecule has 0 aliphatic carbocycles. The first-order valence-corrected chi connectivity index (χ1v) is 5.05. The van der Waals surface area contributed by atoms with Gasteiger partial charge in [-0.25, -0.2) is 9.18 Å². The minimum atomic E-state index is -1.22. The van der Waals surface area contributed by atoms with Gasteiger partial charge in [0.1, 0.15) is 5.82 Å². The predicted octanol–water partition coefficient (Wildman–Crippen LogP) is 2.39. The number of carboxylic acids is 1. The maximum absolute atomic E-state index is 12.9. The fraction of sp³-hybridized carbons (Fsp3) is 0.222. The maximum atomic E-state index is 12.9. The van der Waals surface area contributed by atoms with E-state index in [1.54, 1.807) is 17.8 Å². The van der Waals surface area contributed by atoms with Crippen LogP contribution in [0.15, 0.2) is 18.2 Å². The number of thioether (sulfide) groups is 1. The van der Waals surface area contributed by atoms with Gasteiger partial charge in [0, 0.05) is 5.75 Å². The molecule has 0 spiro atoms. The fourth-order valence-electron chi connectivity index (χ4n) is 0.993. The normalized spacial score (nSPS) is 10.0. The largest absolute Gasteiger partial charge is 0.478 e. The van der Waals surface area contributed by atoms with Crippen molar-refractivity contribution in [1.29, 1.82) is 0 Å². The zero-order chi connectivity index (χ0) is 9.84. The molecule has 0 aliphatic rings. The van der Waals surface area contributed by atoms with Crippen LogP contribution in [0, 0.1) is 5.82 Å². The summed E-state index contributed by atoms with van der Waals surface area (Å²) < 4.78 is 12.9. The molecule has 0 bridgehead atoms. The lowest BCUT2D eigenvalue weighted by Gasteiger charge is -2.01. The number of aromatic carboxylic acids is 1. The van der Waals surface area contributed by atoms with Crippen LogP contribution < -0.4 is 0 Å². The summed E-state index contributed by atoms with van der Waals surface area (Å²) in [5.41, 5.74) is 0.567. The van der Waals surface area contributed by atoms with Gasteiger partial charge in [-0.3, -0.25) is 0 Å². The average Bonchev–Trinajstić information content (AvgIpc) is 2.08. The summed E-state index contributed by atoms with van der Waals surface area (Å²) in [6.45, 7) is 0. The third kappa shape index (κ3) is 2.45. The van der Waals surface area contributed by atoms with Gasteiger partial charge in [-0.15, -0.1) is 0 Å². The Morgan fingerprint density at radius 3 is 2.85 bits per heavy atom. The molecule has 2 nitrogen and oxygen atoms in total. The second-order valence-electron chi connectivity index (χ2n) is 2.55. The van der Waals surface area contributed by atoms with Crippen LogP contribution in [0.4, 0.5) is 4.39 Å². The van der Waals surface area contributed by atoms with Gasteiger partial charge in [-0.1, -0.05) is 6.07 Å². The Labute approximate surface area is 79.8 Å². The standard InChI is InChI=1S/C9H9FO2S/c1-13-5-6-2-3-8(10)7(4-6)9(11)12/h2-4H,5H2,1H3,(H,11,12). The molecule has 4 heteroatoms. The highest BCUT2D eigenvalue weighted by atomic mass is 32.2. The van der Waals surface area contributed by atoms with Gasteiger partial charge in [0.15, 0.2) is 0 Å². The molecule has 1 N–H and O–H groups in total. The van der Waals surface area contributed by atoms with Gasteiger partial charge >= 0.3 is 5.97 Å². The molecular formula is C9H9FO2S. The lowest BCUT2D eigenvalue weighted by Crippen LogP contribution is -2.01. The van der Waals surface area contributed by atoms with Crippen molar-refractivity contribution in [2.75, 3.05) is 6.26 Å². The third-order valence-corrected chi connectivity index (χ3v) is 2.19. The van der Waals surface area contributed by atoms with Crippen molar-refractivity contribution in [1.82, 2.24) is 0 Å². The summed E-state index contributed by atoms with van der Waals surface area (Å²) in [6.07, 6.45) is 1.91. The number of rotatable bonds is 3. The smallest absolute Gasteiger partial charge is 0.338 e. The van der Waals surface area contributed by atoms with E-state index in [0.717, 1.165) is 5.56 Å². The van der Waals surface area contributed by atoms with Crippen LogP contribution in [-0.2, 0) is 5.75 Å². The summed E-state index contributed by atoms with van der Waals surface area (Å²) in [5, 5.41) is 8.61. The van der Waals surface area contributed by atoms with Crippen molar-refractivity contribution in [2.24, 2.45) is 0 Å². The summed E-state index contributed by atoms with van der Waals surface area (Å²) in [7, 11) is 0. The quantitative estimate of drug-likeness (QED) is 0.814. The summed E-state index contributed by atoms with van der Waals surface area (Å²) in [4.78, 5) is 10.5. The first-order valence-electron chi connectivity index (χ1n) is 3.66. The molecule has 0 aliphatic heterocycles. The Morgan fingerprint density at radius 2 is 2.31 bits per heavy atom. The number of carbonyl (C=O) groups is 1. The first-order chi connectivity index (χ1) is 6.15. The van der Waals surface area contributed by atoms with Crippen LogP contribution in [0.1, 0.15) is 15.9 Å². The van der Waals surface area contributed by atoms with E-state index in [2.05, 4.69) is 0 Å². The van der Waals surface area contributed by atoms with E-state index in [4.69, 9.17) is 5.11 Å². The van der Waals surface area contributed by atoms with Gasteiger partial charge in [-0.05, 0) is 24.0 Å². The fourth-order valence-corrected chi connectivity index (χ4v) is 1.51. The molecule has 1 aromatic carbocycles. The van der Waals surface area contributed by atoms with Crippen molar-refractivity contribution in [3.05, 3.63) is 35.1 Å². The Morgan fingerprint density at radius 1 is 1.62 bits per heavy atom. The van der Waals surface area contributed by atoms with Crippen LogP contribution >= 0.6 is 11.8 Å². The summed E-state index contributed by atoms with van der Waals surface area (Å²) in [5.74, 6) is -1.21. The molecular weight excluding hydrogens is 191 g/mol. The molecule has 0 heterocycles. The molecule has 0 saturated heterocycles. The molecule has 0 saturated carbocycles. The lowest BCUT2D eigenvalue weighted by atomic mass is 10.1. The van der Waals surface area contributed by atoms with E-state index in [0.29, 0.717) is 5.75 Å². The Kier molecular flexibility index (Phi) is 3.31. The average molecular weight is 200 g/mol. The zero-order valence-corrected chi connectivity index (χ0v) is 7.90. The van der Waals surface area contributed by atoms with Crippen LogP contribution in [0.5, 0.6) is 0 Å². The van der Waals surface area contributed by atoms with Crippen LogP contribution in [0.3, 0.4) is 0 Å². The van der Waals surface area contributed by atoms with Gasteiger partial charge in [0.2, 0.25) is 0 Å². The second-order valence-corrected chi connectivity index (χ2v) is 3.42. The van der Waals surface area contributed by atoms with Gasteiger partial charge in [0.05, 0.1) is 5.56 Å². The van der Waals surface area contributed by atoms with Gasteiger partial charge in [-0.2, -0.15) is 11.8 Å². The highest BCUT2D eigenvalue weighted by Gasteiger charge is 2.09. The molecule has 1 rings (SSSR count). The molecule has 1 aromatic rings. The van der Waals surface area contributed by atoms with Crippen molar-refractivity contribution in [3.63, 3.8) is 0 Å². The second kappa shape index (κ2) is 4.28. The van der Waals surface area contributed by atoms with Crippen molar-refractivity contribution in [2.45, 2.75) is 5.75 Å². The molecule has 0 unspecified atom stereocenters. The summed E-state index contributed by atoms with van der Waals surface area (Å²) in [6, 6.07) is 4.15. The molecule has 13 heavy (non-hydrogen) atoms. The highest BCUT2D eigenvalue weighted by molar-refractivity contribution is 7.97. The van der Waals surface area contributed by atoms with E-state index in [1.165, 1.54) is 12.1 Å². The zero-order valence-electron chi connectivity index (χ0n) is 7.08. The highest BCUT2D eigenvalue weighted by Crippen LogP contribution is 2.14. The summed E-state index contributed by atoms with van der Waals surface area (Å²) >= 11 is 1.57. The van der Waals surface area contributed by atoms with E-state index < -0.39 is 11.8 Å². The molecule has 0 aromatic heterocycles. The molecule has 0 amide bonds. The van der Waals surface area contributed by atoms with Crippen LogP contribution in [0.2, 0.25) is 0 Å². The Bertz CT molecular complexity index is 325. The first kappa shape index (κ1) is 10.1. The van der Waals surface area contributed by atoms with Crippen LogP contribution in [0.25, 0.3) is 0 Å². The lowest BCUT2D eigenvalue weighted by molar-refractivity contribution is 0.0692. The molecule has 70 valence electrons. The number of carboxylic acid groups (broad SMARTS) is 1. The van der Waals surface area contributed by atoms with E-state index in [-0.39, 0.29) is 5.56 Å². The van der Waals surface area contributed by atoms with Crippen molar-refractivity contribution in [3.8, 4) is 0 Å². The molecule has 0 radical (unpaired) electrons. The molecule has 0 fully saturated rings. The molecule has 0 atom stereocenters. The number of halogens is 1. The SMILES string of the molecule is CSCc1ccc(F)c(C(=O)O)c1. The maximum Gasteiger partial charge on any atom is 0.338 e. The monoisotopic (exact) mass is 200 g/mol. The van der Waals surface area contributed by atoms with Gasteiger partial charge < -0.3 is 5.11 Å². The van der Waals surface area contributed by atoms with E-state index in [1.807, 2.05) is 6.26 Å². The Balaban J connectivity index is 3.04.